The Morgan fingerprint density at radius 1 is 0.690 bits per heavy atom. The minimum absolute atomic E-state index is 0.0450. The third-order valence-corrected chi connectivity index (χ3v) is 11.5. The first-order valence-electron chi connectivity index (χ1n) is 20.1. The average molecular weight is 939 g/mol. The molecule has 2 aliphatic heterocycles. The Labute approximate surface area is 363 Å². The maximum atomic E-state index is 12.7. The van der Waals surface area contributed by atoms with Gasteiger partial charge in [0.05, 0.1) is 25.3 Å². The molecule has 58 heavy (non-hydrogen) atoms. The highest BCUT2D eigenvalue weighted by atomic mass is 79.9. The topological polar surface area (TPSA) is 127 Å². The second-order valence-corrected chi connectivity index (χ2v) is 19.4. The van der Waals surface area contributed by atoms with E-state index in [1.165, 1.54) is 14.2 Å². The van der Waals surface area contributed by atoms with Crippen molar-refractivity contribution in [1.82, 2.24) is 9.80 Å². The van der Waals surface area contributed by atoms with Crippen LogP contribution in [0, 0.1) is 13.8 Å². The molecule has 4 rings (SSSR count). The van der Waals surface area contributed by atoms with E-state index >= 15 is 0 Å². The Morgan fingerprint density at radius 3 is 1.48 bits per heavy atom. The number of carbonyl (C=O) groups excluding carboxylic acids is 4. The Morgan fingerprint density at radius 2 is 1.09 bits per heavy atom. The van der Waals surface area contributed by atoms with E-state index in [4.69, 9.17) is 18.9 Å². The molecule has 4 atom stereocenters. The van der Waals surface area contributed by atoms with Crippen LogP contribution in [0.5, 0.6) is 0 Å². The number of carbonyl (C=O) groups is 4. The molecular formula is C44H66Br2N4O8. The van der Waals surface area contributed by atoms with Gasteiger partial charge in [-0.15, -0.1) is 0 Å². The third-order valence-electron chi connectivity index (χ3n) is 10.6. The summed E-state index contributed by atoms with van der Waals surface area (Å²) in [5.74, 6) is -0.698. The van der Waals surface area contributed by atoms with Crippen LogP contribution in [0.15, 0.2) is 33.2 Å². The van der Waals surface area contributed by atoms with Crippen LogP contribution >= 0.6 is 31.9 Å². The van der Waals surface area contributed by atoms with Crippen molar-refractivity contribution in [2.75, 3.05) is 31.0 Å². The van der Waals surface area contributed by atoms with Crippen LogP contribution in [-0.4, -0.2) is 102 Å². The number of hydrogen-bond donors (Lipinski definition) is 1. The third kappa shape index (κ3) is 12.7. The number of likely N-dealkylation sites (tertiary alicyclic amines) is 2. The van der Waals surface area contributed by atoms with Crippen molar-refractivity contribution >= 4 is 67.4 Å². The Hall–Kier alpha value is -3.52. The van der Waals surface area contributed by atoms with Crippen molar-refractivity contribution in [2.45, 2.75) is 163 Å². The molecule has 2 aromatic rings. The van der Waals surface area contributed by atoms with Crippen LogP contribution in [-0.2, 0) is 18.9 Å². The van der Waals surface area contributed by atoms with Crippen molar-refractivity contribution in [2.24, 2.45) is 0 Å². The first kappa shape index (κ1) is 48.8. The van der Waals surface area contributed by atoms with E-state index in [0.29, 0.717) is 11.1 Å². The molecule has 2 aromatic carbocycles. The summed E-state index contributed by atoms with van der Waals surface area (Å²) < 4.78 is 22.7. The van der Waals surface area contributed by atoms with Crippen molar-refractivity contribution < 1.29 is 38.1 Å². The molecule has 0 spiro atoms. The molecule has 0 aliphatic carbocycles. The number of hydrogen-bond acceptors (Lipinski definition) is 10. The van der Waals surface area contributed by atoms with E-state index in [1.54, 1.807) is 12.1 Å². The molecule has 12 nitrogen and oxygen atoms in total. The van der Waals surface area contributed by atoms with E-state index in [9.17, 15) is 19.2 Å². The minimum Gasteiger partial charge on any atom is -0.465 e. The first-order chi connectivity index (χ1) is 26.8. The lowest BCUT2D eigenvalue weighted by Gasteiger charge is -2.47. The summed E-state index contributed by atoms with van der Waals surface area (Å²) in [6.45, 7) is 26.3. The summed E-state index contributed by atoms with van der Waals surface area (Å²) in [6.07, 6.45) is 2.73. The van der Waals surface area contributed by atoms with E-state index in [1.807, 2.05) is 85.1 Å². The van der Waals surface area contributed by atoms with Crippen LogP contribution in [0.3, 0.4) is 0 Å². The van der Waals surface area contributed by atoms with Crippen LogP contribution < -0.4 is 10.2 Å². The van der Waals surface area contributed by atoms with E-state index in [0.717, 1.165) is 63.7 Å². The number of nitrogens with zero attached hydrogens (tertiary/aromatic N) is 3. The molecule has 2 fully saturated rings. The number of methoxy groups -OCH3 is 2. The van der Waals surface area contributed by atoms with Gasteiger partial charge >= 0.3 is 24.1 Å². The van der Waals surface area contributed by atoms with Gasteiger partial charge in [0.15, 0.2) is 0 Å². The fourth-order valence-electron chi connectivity index (χ4n) is 8.13. The molecular weight excluding hydrogens is 872 g/mol. The zero-order valence-electron chi connectivity index (χ0n) is 37.2. The largest absolute Gasteiger partial charge is 0.465 e. The lowest BCUT2D eigenvalue weighted by Crippen LogP contribution is -2.56. The van der Waals surface area contributed by atoms with Gasteiger partial charge in [-0.1, -0.05) is 31.9 Å². The standard InChI is InChI=1S/C23H35BrN2O4.C21H31BrN2O4/c1-9-25(20-13-17(24)12-19(16(20)4)21(27)29-8)18-10-14(2)26(15(3)11-18)22(28)30-23(5,6)7;1-12-8-16(9-13(2)24(12)20(26)28-21(4,5)6)23-18-11-15(22)10-17(14(18)3)19(25)27-7/h12-15,18H,9-11H2,1-8H3;10-13,16,23H,8-9H2,1-7H3/t14-,15-;12-,13-/m11/s1. The van der Waals surface area contributed by atoms with Crippen LogP contribution in [0.1, 0.15) is 134 Å². The van der Waals surface area contributed by atoms with E-state index < -0.39 is 11.2 Å². The summed E-state index contributed by atoms with van der Waals surface area (Å²) in [7, 11) is 2.78. The predicted molar refractivity (Wildman–Crippen MR) is 237 cm³/mol. The number of piperidine rings is 2. The van der Waals surface area contributed by atoms with Crippen molar-refractivity contribution in [3.63, 3.8) is 0 Å². The van der Waals surface area contributed by atoms with Gasteiger partial charge in [0, 0.05) is 63.1 Å². The van der Waals surface area contributed by atoms with Gasteiger partial charge in [0.1, 0.15) is 11.2 Å². The summed E-state index contributed by atoms with van der Waals surface area (Å²) >= 11 is 7.02. The number of benzene rings is 2. The lowest BCUT2D eigenvalue weighted by molar-refractivity contribution is -0.00323. The summed E-state index contributed by atoms with van der Waals surface area (Å²) in [4.78, 5) is 55.6. The second kappa shape index (κ2) is 20.2. The minimum atomic E-state index is -0.513. The van der Waals surface area contributed by atoms with Crippen molar-refractivity contribution in [3.8, 4) is 0 Å². The Bertz CT molecular complexity index is 1770. The SMILES string of the molecule is CCN(c1cc(Br)cc(C(=O)OC)c1C)C1C[C@@H](C)N(C(=O)OC(C)(C)C)[C@H](C)C1.COC(=O)c1cc(Br)cc(NC2C[C@@H](C)N(C(=O)OC(C)(C)C)[C@H](C)C2)c1C. The maximum absolute atomic E-state index is 12.7. The molecule has 0 unspecified atom stereocenters. The number of amides is 2. The zero-order valence-corrected chi connectivity index (χ0v) is 40.3. The molecule has 324 valence electrons. The monoisotopic (exact) mass is 936 g/mol. The molecule has 14 heteroatoms. The molecule has 2 heterocycles. The lowest BCUT2D eigenvalue weighted by atomic mass is 9.91. The van der Waals surface area contributed by atoms with Crippen LogP contribution in [0.25, 0.3) is 0 Å². The summed E-state index contributed by atoms with van der Waals surface area (Å²) in [5, 5.41) is 3.56. The number of halogens is 2. The average Bonchev–Trinajstić information content (AvgIpc) is 3.08. The van der Waals surface area contributed by atoms with Gasteiger partial charge in [0.2, 0.25) is 0 Å². The smallest absolute Gasteiger partial charge is 0.410 e. The highest BCUT2D eigenvalue weighted by Crippen LogP contribution is 2.36. The number of esters is 2. The second-order valence-electron chi connectivity index (χ2n) is 17.6. The fraction of sp³-hybridized carbons (Fsp3) is 0.636. The Balaban J connectivity index is 0.000000311. The predicted octanol–water partition coefficient (Wildman–Crippen LogP) is 10.7. The number of nitrogens with one attached hydrogen (secondary N) is 1. The number of rotatable bonds is 7. The van der Waals surface area contributed by atoms with Crippen molar-refractivity contribution in [1.29, 1.82) is 0 Å². The zero-order chi connectivity index (χ0) is 44.0. The fourth-order valence-corrected chi connectivity index (χ4v) is 9.03. The highest BCUT2D eigenvalue weighted by Gasteiger charge is 2.39. The quantitative estimate of drug-likeness (QED) is 0.212. The van der Waals surface area contributed by atoms with E-state index in [2.05, 4.69) is 68.9 Å². The van der Waals surface area contributed by atoms with Gasteiger partial charge in [-0.2, -0.15) is 0 Å². The van der Waals surface area contributed by atoms with Crippen molar-refractivity contribution in [3.05, 3.63) is 55.5 Å². The normalized spacial score (nSPS) is 22.2. The van der Waals surface area contributed by atoms with Gasteiger partial charge in [-0.25, -0.2) is 19.2 Å². The number of ether oxygens (including phenoxy) is 4. The number of anilines is 2. The molecule has 0 bridgehead atoms. The van der Waals surface area contributed by atoms with Gasteiger partial charge in [0.25, 0.3) is 0 Å². The Kier molecular flexibility index (Phi) is 17.0. The summed E-state index contributed by atoms with van der Waals surface area (Å²) in [6, 6.07) is 8.22. The van der Waals surface area contributed by atoms with Crippen LogP contribution in [0.2, 0.25) is 0 Å². The van der Waals surface area contributed by atoms with Gasteiger partial charge in [-0.05, 0) is 151 Å². The molecule has 2 saturated heterocycles. The van der Waals surface area contributed by atoms with Gasteiger partial charge < -0.3 is 39.0 Å². The van der Waals surface area contributed by atoms with E-state index in [-0.39, 0.29) is 60.4 Å². The molecule has 2 aliphatic rings. The van der Waals surface area contributed by atoms with Gasteiger partial charge in [-0.3, -0.25) is 0 Å². The molecule has 0 radical (unpaired) electrons. The maximum Gasteiger partial charge on any atom is 0.410 e. The highest BCUT2D eigenvalue weighted by molar-refractivity contribution is 9.10. The molecule has 0 saturated carbocycles. The van der Waals surface area contributed by atoms with Crippen LogP contribution in [0.4, 0.5) is 21.0 Å². The molecule has 2 amide bonds. The molecule has 0 aromatic heterocycles. The summed E-state index contributed by atoms with van der Waals surface area (Å²) in [5.41, 5.74) is 3.74. The first-order valence-corrected chi connectivity index (χ1v) is 21.7. The molecule has 1 N–H and O–H groups in total.